The van der Waals surface area contributed by atoms with Crippen molar-refractivity contribution < 1.29 is 30.0 Å². The minimum absolute atomic E-state index is 0.101. The van der Waals surface area contributed by atoms with Gasteiger partial charge in [0.25, 0.3) is 0 Å². The van der Waals surface area contributed by atoms with E-state index in [0.29, 0.717) is 0 Å². The van der Waals surface area contributed by atoms with Crippen LogP contribution in [0, 0.1) is 0 Å². The predicted molar refractivity (Wildman–Crippen MR) is 49.3 cm³/mol. The third-order valence-corrected chi connectivity index (χ3v) is 1.65. The van der Waals surface area contributed by atoms with Gasteiger partial charge in [0.2, 0.25) is 5.75 Å². The van der Waals surface area contributed by atoms with Gasteiger partial charge in [0.1, 0.15) is 6.61 Å². The first-order valence-electron chi connectivity index (χ1n) is 4.09. The highest BCUT2D eigenvalue weighted by atomic mass is 16.5. The molecule has 82 valence electrons. The Labute approximate surface area is 85.0 Å². The Kier molecular flexibility index (Phi) is 3.35. The number of aromatic hydroxyl groups is 2. The third kappa shape index (κ3) is 2.50. The molecule has 0 fully saturated rings. The van der Waals surface area contributed by atoms with Gasteiger partial charge in [0.05, 0.1) is 12.2 Å². The maximum absolute atomic E-state index is 10.6. The molecule has 1 aromatic carbocycles. The van der Waals surface area contributed by atoms with Crippen LogP contribution in [0.3, 0.4) is 0 Å². The molecule has 15 heavy (non-hydrogen) atoms. The van der Waals surface area contributed by atoms with Crippen molar-refractivity contribution in [2.24, 2.45) is 0 Å². The Balaban J connectivity index is 3.07. The van der Waals surface area contributed by atoms with Crippen molar-refractivity contribution in [1.29, 1.82) is 0 Å². The number of aliphatic hydroxyl groups is 1. The van der Waals surface area contributed by atoms with Gasteiger partial charge in [0.15, 0.2) is 11.5 Å². The Hall–Kier alpha value is -1.95. The van der Waals surface area contributed by atoms with E-state index in [4.69, 9.17) is 14.9 Å². The van der Waals surface area contributed by atoms with Gasteiger partial charge in [-0.25, -0.2) is 4.79 Å². The highest BCUT2D eigenvalue weighted by molar-refractivity contribution is 5.89. The number of benzene rings is 1. The van der Waals surface area contributed by atoms with Gasteiger partial charge in [0, 0.05) is 0 Å². The monoisotopic (exact) mass is 214 g/mol. The second kappa shape index (κ2) is 4.52. The second-order valence-corrected chi connectivity index (χ2v) is 2.72. The Morgan fingerprint density at radius 2 is 2.00 bits per heavy atom. The van der Waals surface area contributed by atoms with Crippen molar-refractivity contribution in [2.75, 3.05) is 13.2 Å². The summed E-state index contributed by atoms with van der Waals surface area (Å²) in [7, 11) is 0. The number of phenolic OH excluding ortho intramolecular Hbond substituents is 2. The zero-order valence-electron chi connectivity index (χ0n) is 7.67. The lowest BCUT2D eigenvalue weighted by Gasteiger charge is -2.08. The summed E-state index contributed by atoms with van der Waals surface area (Å²) < 4.78 is 4.83. The number of carbonyl (C=O) groups is 1. The molecule has 0 aliphatic rings. The van der Waals surface area contributed by atoms with Crippen LogP contribution >= 0.6 is 0 Å². The van der Waals surface area contributed by atoms with Crippen LogP contribution in [-0.2, 0) is 0 Å². The van der Waals surface area contributed by atoms with E-state index >= 15 is 0 Å². The fourth-order valence-electron chi connectivity index (χ4n) is 0.982. The zero-order valence-corrected chi connectivity index (χ0v) is 7.67. The number of hydrogen-bond donors (Lipinski definition) is 4. The number of hydrogen-bond acceptors (Lipinski definition) is 5. The highest BCUT2D eigenvalue weighted by Crippen LogP contribution is 2.36. The summed E-state index contributed by atoms with van der Waals surface area (Å²) in [5.41, 5.74) is -0.210. The fraction of sp³-hybridized carbons (Fsp3) is 0.222. The van der Waals surface area contributed by atoms with Crippen molar-refractivity contribution in [3.8, 4) is 17.2 Å². The summed E-state index contributed by atoms with van der Waals surface area (Å²) in [5, 5.41) is 35.6. The smallest absolute Gasteiger partial charge is 0.335 e. The molecule has 0 saturated carbocycles. The molecule has 6 nitrogen and oxygen atoms in total. The molecule has 4 N–H and O–H groups in total. The van der Waals surface area contributed by atoms with Crippen LogP contribution in [-0.4, -0.2) is 39.6 Å². The summed E-state index contributed by atoms with van der Waals surface area (Å²) in [5.74, 6) is -2.56. The van der Waals surface area contributed by atoms with Crippen molar-refractivity contribution in [3.63, 3.8) is 0 Å². The first kappa shape index (κ1) is 11.1. The van der Waals surface area contributed by atoms with Crippen molar-refractivity contribution >= 4 is 5.97 Å². The number of phenols is 2. The number of aromatic carboxylic acids is 1. The summed E-state index contributed by atoms with van der Waals surface area (Å²) >= 11 is 0. The highest BCUT2D eigenvalue weighted by Gasteiger charge is 2.13. The average molecular weight is 214 g/mol. The van der Waals surface area contributed by atoms with Gasteiger partial charge >= 0.3 is 5.97 Å². The molecule has 0 heterocycles. The van der Waals surface area contributed by atoms with Crippen LogP contribution in [0.2, 0.25) is 0 Å². The quantitative estimate of drug-likeness (QED) is 0.532. The Morgan fingerprint density at radius 1 is 1.33 bits per heavy atom. The molecule has 0 unspecified atom stereocenters. The summed E-state index contributed by atoms with van der Waals surface area (Å²) in [4.78, 5) is 10.6. The number of carboxylic acid groups (broad SMARTS) is 1. The standard InChI is InChI=1S/C9H10O6/c10-1-2-15-7-4-5(9(13)14)3-6(11)8(7)12/h3-4,10-12H,1-2H2,(H,13,14). The van der Waals surface area contributed by atoms with Gasteiger partial charge in [-0.3, -0.25) is 0 Å². The van der Waals surface area contributed by atoms with Crippen LogP contribution in [0.25, 0.3) is 0 Å². The summed E-state index contributed by atoms with van der Waals surface area (Å²) in [6.45, 7) is -0.381. The van der Waals surface area contributed by atoms with Gasteiger partial charge in [-0.1, -0.05) is 0 Å². The van der Waals surface area contributed by atoms with Gasteiger partial charge in [-0.2, -0.15) is 0 Å². The van der Waals surface area contributed by atoms with Crippen LogP contribution in [0.15, 0.2) is 12.1 Å². The second-order valence-electron chi connectivity index (χ2n) is 2.72. The number of aliphatic hydroxyl groups excluding tert-OH is 1. The topological polar surface area (TPSA) is 107 Å². The lowest BCUT2D eigenvalue weighted by molar-refractivity contribution is 0.0695. The number of ether oxygens (including phenoxy) is 1. The zero-order chi connectivity index (χ0) is 11.4. The number of rotatable bonds is 4. The van der Waals surface area contributed by atoms with Crippen LogP contribution in [0.1, 0.15) is 10.4 Å². The number of carboxylic acids is 1. The molecule has 0 radical (unpaired) electrons. The van der Waals surface area contributed by atoms with Gasteiger partial charge in [-0.05, 0) is 12.1 Å². The minimum atomic E-state index is -1.25. The van der Waals surface area contributed by atoms with Crippen LogP contribution in [0.4, 0.5) is 0 Å². The lowest BCUT2D eigenvalue weighted by atomic mass is 10.2. The summed E-state index contributed by atoms with van der Waals surface area (Å²) in [6.07, 6.45) is 0. The maximum atomic E-state index is 10.6. The molecule has 1 rings (SSSR count). The van der Waals surface area contributed by atoms with E-state index in [0.717, 1.165) is 12.1 Å². The largest absolute Gasteiger partial charge is 0.504 e. The fourth-order valence-corrected chi connectivity index (χ4v) is 0.982. The lowest BCUT2D eigenvalue weighted by Crippen LogP contribution is -2.03. The van der Waals surface area contributed by atoms with Gasteiger partial charge < -0.3 is 25.2 Å². The first-order valence-corrected chi connectivity index (χ1v) is 4.09. The molecule has 0 atom stereocenters. The molecule has 1 aromatic rings. The molecule has 0 bridgehead atoms. The van der Waals surface area contributed by atoms with E-state index in [1.807, 2.05) is 0 Å². The maximum Gasteiger partial charge on any atom is 0.335 e. The van der Waals surface area contributed by atoms with E-state index in [9.17, 15) is 15.0 Å². The molecule has 6 heteroatoms. The Morgan fingerprint density at radius 3 is 2.53 bits per heavy atom. The molecule has 0 spiro atoms. The molecule has 0 saturated heterocycles. The molecule has 0 amide bonds. The van der Waals surface area contributed by atoms with E-state index < -0.39 is 17.5 Å². The van der Waals surface area contributed by atoms with Crippen molar-refractivity contribution in [1.82, 2.24) is 0 Å². The third-order valence-electron chi connectivity index (χ3n) is 1.65. The minimum Gasteiger partial charge on any atom is -0.504 e. The Bertz CT molecular complexity index is 373. The summed E-state index contributed by atoms with van der Waals surface area (Å²) in [6, 6.07) is 1.97. The van der Waals surface area contributed by atoms with Crippen LogP contribution in [0.5, 0.6) is 17.2 Å². The normalized spacial score (nSPS) is 9.93. The van der Waals surface area contributed by atoms with Crippen LogP contribution < -0.4 is 4.74 Å². The SMILES string of the molecule is O=C(O)c1cc(O)c(O)c(OCCO)c1. The molecule has 0 aliphatic heterocycles. The average Bonchev–Trinajstić information content (AvgIpc) is 2.19. The van der Waals surface area contributed by atoms with Crippen molar-refractivity contribution in [2.45, 2.75) is 0 Å². The van der Waals surface area contributed by atoms with Crippen molar-refractivity contribution in [3.05, 3.63) is 17.7 Å². The first-order chi connectivity index (χ1) is 7.06. The molecular weight excluding hydrogens is 204 g/mol. The van der Waals surface area contributed by atoms with E-state index in [2.05, 4.69) is 0 Å². The molecule has 0 aromatic heterocycles. The van der Waals surface area contributed by atoms with E-state index in [-0.39, 0.29) is 24.5 Å². The van der Waals surface area contributed by atoms with E-state index in [1.165, 1.54) is 0 Å². The predicted octanol–water partition coefficient (Wildman–Crippen LogP) is 0.167. The molecular formula is C9H10O6. The molecule has 0 aliphatic carbocycles. The van der Waals surface area contributed by atoms with Gasteiger partial charge in [-0.15, -0.1) is 0 Å². The van der Waals surface area contributed by atoms with E-state index in [1.54, 1.807) is 0 Å².